The maximum Gasteiger partial charge on any atom is 0.257 e. The van der Waals surface area contributed by atoms with Gasteiger partial charge in [0.25, 0.3) is 11.8 Å². The van der Waals surface area contributed by atoms with Gasteiger partial charge >= 0.3 is 0 Å². The normalized spacial score (nSPS) is 14.7. The number of rotatable bonds is 5. The summed E-state index contributed by atoms with van der Waals surface area (Å²) in [6, 6.07) is 6.87. The fourth-order valence-electron chi connectivity index (χ4n) is 4.79. The molecule has 0 aromatic carbocycles. The van der Waals surface area contributed by atoms with Crippen LogP contribution in [-0.2, 0) is 0 Å². The minimum absolute atomic E-state index is 0.141. The number of carbonyl (C=O) groups excluding carboxylic acids is 2. The van der Waals surface area contributed by atoms with Crippen molar-refractivity contribution < 1.29 is 14.0 Å². The van der Waals surface area contributed by atoms with E-state index in [1.165, 1.54) is 18.5 Å². The number of amides is 2. The first-order chi connectivity index (χ1) is 18.4. The summed E-state index contributed by atoms with van der Waals surface area (Å²) in [7, 11) is 2.09. The molecule has 6 heterocycles. The van der Waals surface area contributed by atoms with Gasteiger partial charge in [0, 0.05) is 41.6 Å². The molecule has 0 unspecified atom stereocenters. The number of aromatic amines is 1. The van der Waals surface area contributed by atoms with Crippen LogP contribution in [0, 0.1) is 5.82 Å². The van der Waals surface area contributed by atoms with Crippen LogP contribution in [0.1, 0.15) is 33.6 Å². The third kappa shape index (κ3) is 4.59. The van der Waals surface area contributed by atoms with Crippen molar-refractivity contribution in [2.24, 2.45) is 0 Å². The van der Waals surface area contributed by atoms with Crippen molar-refractivity contribution in [3.8, 4) is 11.1 Å². The number of likely N-dealkylation sites (tertiary alicyclic amines) is 1. The lowest BCUT2D eigenvalue weighted by Crippen LogP contribution is -2.43. The van der Waals surface area contributed by atoms with E-state index in [1.807, 2.05) is 18.3 Å². The molecule has 0 radical (unpaired) electrons. The number of aromatic nitrogens is 5. The Bertz CT molecular complexity index is 1670. The smallest absolute Gasteiger partial charge is 0.257 e. The Kier molecular flexibility index (Phi) is 6.04. The van der Waals surface area contributed by atoms with Crippen LogP contribution in [0.5, 0.6) is 0 Å². The number of nitrogens with one attached hydrogen (secondary N) is 3. The number of carbonyl (C=O) groups is 2. The number of hydrogen-bond donors (Lipinski definition) is 3. The highest BCUT2D eigenvalue weighted by molar-refractivity contribution is 6.07. The molecule has 192 valence electrons. The summed E-state index contributed by atoms with van der Waals surface area (Å²) in [6.07, 6.45) is 10.9. The first-order valence-corrected chi connectivity index (χ1v) is 12.3. The molecule has 0 spiro atoms. The third-order valence-corrected chi connectivity index (χ3v) is 6.89. The second kappa shape index (κ2) is 9.67. The molecule has 1 saturated heterocycles. The van der Waals surface area contributed by atoms with Gasteiger partial charge in [-0.1, -0.05) is 0 Å². The maximum absolute atomic E-state index is 13.5. The monoisotopic (exact) mass is 512 g/mol. The highest BCUT2D eigenvalue weighted by Gasteiger charge is 2.21. The van der Waals surface area contributed by atoms with Crippen molar-refractivity contribution in [1.82, 2.24) is 34.8 Å². The first kappa shape index (κ1) is 23.7. The largest absolute Gasteiger partial charge is 0.349 e. The lowest BCUT2D eigenvalue weighted by molar-refractivity contribution is 0.0918. The summed E-state index contributed by atoms with van der Waals surface area (Å²) >= 11 is 0. The average Bonchev–Trinajstić information content (AvgIpc) is 3.53. The quantitative estimate of drug-likeness (QED) is 0.332. The van der Waals surface area contributed by atoms with Crippen molar-refractivity contribution in [2.45, 2.75) is 18.9 Å². The van der Waals surface area contributed by atoms with Gasteiger partial charge in [-0.2, -0.15) is 5.10 Å². The fraction of sp³-hybridized carbons (Fsp3) is 0.222. The average molecular weight is 513 g/mol. The molecule has 11 heteroatoms. The Labute approximate surface area is 216 Å². The van der Waals surface area contributed by atoms with Crippen molar-refractivity contribution in [1.29, 1.82) is 0 Å². The predicted octanol–water partition coefficient (Wildman–Crippen LogP) is 3.49. The summed E-state index contributed by atoms with van der Waals surface area (Å²) in [5.41, 5.74) is 4.02. The summed E-state index contributed by atoms with van der Waals surface area (Å²) in [4.78, 5) is 39.4. The Balaban J connectivity index is 1.29. The van der Waals surface area contributed by atoms with E-state index in [9.17, 15) is 14.0 Å². The zero-order valence-electron chi connectivity index (χ0n) is 20.6. The molecule has 6 rings (SSSR count). The Morgan fingerprint density at radius 2 is 1.92 bits per heavy atom. The van der Waals surface area contributed by atoms with E-state index in [0.29, 0.717) is 22.3 Å². The molecular formula is C27H25FN8O2. The summed E-state index contributed by atoms with van der Waals surface area (Å²) < 4.78 is 15.1. The van der Waals surface area contributed by atoms with E-state index < -0.39 is 11.7 Å². The third-order valence-electron chi connectivity index (χ3n) is 6.89. The lowest BCUT2D eigenvalue weighted by atomic mass is 10.0. The minimum atomic E-state index is -0.543. The van der Waals surface area contributed by atoms with E-state index in [0.717, 1.165) is 48.6 Å². The second-order valence-electron chi connectivity index (χ2n) is 9.52. The molecule has 1 aliphatic rings. The van der Waals surface area contributed by atoms with Gasteiger partial charge in [0.2, 0.25) is 0 Å². The van der Waals surface area contributed by atoms with Crippen LogP contribution in [0.25, 0.3) is 27.7 Å². The van der Waals surface area contributed by atoms with Gasteiger partial charge in [-0.3, -0.25) is 14.6 Å². The number of anilines is 1. The lowest BCUT2D eigenvalue weighted by Gasteiger charge is -2.29. The van der Waals surface area contributed by atoms with Crippen molar-refractivity contribution in [3.63, 3.8) is 0 Å². The Morgan fingerprint density at radius 3 is 2.74 bits per heavy atom. The molecule has 3 N–H and O–H groups in total. The highest BCUT2D eigenvalue weighted by atomic mass is 19.1. The zero-order valence-corrected chi connectivity index (χ0v) is 20.6. The minimum Gasteiger partial charge on any atom is -0.349 e. The van der Waals surface area contributed by atoms with E-state index >= 15 is 0 Å². The highest BCUT2D eigenvalue weighted by Crippen LogP contribution is 2.30. The molecular weight excluding hydrogens is 487 g/mol. The summed E-state index contributed by atoms with van der Waals surface area (Å²) in [6.45, 7) is 1.91. The van der Waals surface area contributed by atoms with Crippen LogP contribution in [0.3, 0.4) is 0 Å². The number of halogens is 1. The Hall–Kier alpha value is -4.64. The van der Waals surface area contributed by atoms with Crippen LogP contribution in [0.4, 0.5) is 10.1 Å². The van der Waals surface area contributed by atoms with Gasteiger partial charge in [0.05, 0.1) is 40.9 Å². The van der Waals surface area contributed by atoms with Crippen LogP contribution in [-0.4, -0.2) is 67.5 Å². The standard InChI is InChI=1S/C27H25FN8O2/c1-35-5-3-19(4-6-35)33-27(38)23-15-32-36-7-2-16(9-24(23)36)22-14-31-25-21(22)8-17(11-30-25)26(37)34-20-10-18(28)12-29-13-20/h2,7-15,19H,3-6H2,1H3,(H,30,31)(H,33,38)(H,34,37). The van der Waals surface area contributed by atoms with Gasteiger partial charge < -0.3 is 20.5 Å². The Morgan fingerprint density at radius 1 is 1.08 bits per heavy atom. The van der Waals surface area contributed by atoms with E-state index in [1.54, 1.807) is 23.0 Å². The molecule has 0 aliphatic carbocycles. The molecule has 5 aromatic rings. The van der Waals surface area contributed by atoms with Gasteiger partial charge in [-0.25, -0.2) is 13.9 Å². The number of hydrogen-bond acceptors (Lipinski definition) is 6. The zero-order chi connectivity index (χ0) is 26.2. The van der Waals surface area contributed by atoms with Crippen molar-refractivity contribution in [2.75, 3.05) is 25.5 Å². The maximum atomic E-state index is 13.5. The summed E-state index contributed by atoms with van der Waals surface area (Å²) in [5.74, 6) is -1.12. The van der Waals surface area contributed by atoms with Crippen molar-refractivity contribution in [3.05, 3.63) is 78.4 Å². The number of piperidine rings is 1. The van der Waals surface area contributed by atoms with Gasteiger partial charge in [-0.15, -0.1) is 0 Å². The second-order valence-corrected chi connectivity index (χ2v) is 9.52. The van der Waals surface area contributed by atoms with Gasteiger partial charge in [0.1, 0.15) is 11.5 Å². The molecule has 0 bridgehead atoms. The number of nitrogens with zero attached hydrogens (tertiary/aromatic N) is 5. The summed E-state index contributed by atoms with van der Waals surface area (Å²) in [5, 5.41) is 10.9. The fourth-order valence-corrected chi connectivity index (χ4v) is 4.79. The SMILES string of the molecule is CN1CCC(NC(=O)c2cnn3ccc(-c4c[nH]c5ncc(C(=O)Nc6cncc(F)c6)cc45)cc23)CC1. The molecule has 0 atom stereocenters. The van der Waals surface area contributed by atoms with E-state index in [2.05, 4.69) is 42.6 Å². The molecule has 0 saturated carbocycles. The number of pyridine rings is 3. The predicted molar refractivity (Wildman–Crippen MR) is 140 cm³/mol. The topological polar surface area (TPSA) is 120 Å². The number of H-pyrrole nitrogens is 1. The number of fused-ring (bicyclic) bond motifs is 2. The van der Waals surface area contributed by atoms with E-state index in [-0.39, 0.29) is 17.6 Å². The van der Waals surface area contributed by atoms with Crippen LogP contribution >= 0.6 is 0 Å². The van der Waals surface area contributed by atoms with Crippen LogP contribution in [0.2, 0.25) is 0 Å². The first-order valence-electron chi connectivity index (χ1n) is 12.3. The van der Waals surface area contributed by atoms with E-state index in [4.69, 9.17) is 0 Å². The molecule has 1 aliphatic heterocycles. The van der Waals surface area contributed by atoms with Gasteiger partial charge in [-0.05, 0) is 56.7 Å². The van der Waals surface area contributed by atoms with Gasteiger partial charge in [0.15, 0.2) is 0 Å². The molecule has 38 heavy (non-hydrogen) atoms. The van der Waals surface area contributed by atoms with Crippen LogP contribution in [0.15, 0.2) is 61.4 Å². The van der Waals surface area contributed by atoms with Crippen molar-refractivity contribution >= 4 is 34.1 Å². The van der Waals surface area contributed by atoms with Crippen LogP contribution < -0.4 is 10.6 Å². The molecule has 2 amide bonds. The molecule has 5 aromatic heterocycles. The molecule has 1 fully saturated rings. The molecule has 10 nitrogen and oxygen atoms in total.